The van der Waals surface area contributed by atoms with Crippen LogP contribution in [0, 0.1) is 0 Å². The lowest BCUT2D eigenvalue weighted by Gasteiger charge is -2.34. The lowest BCUT2D eigenvalue weighted by molar-refractivity contribution is 0.0715. The van der Waals surface area contributed by atoms with Crippen molar-refractivity contribution in [1.29, 1.82) is 0 Å². The summed E-state index contributed by atoms with van der Waals surface area (Å²) in [5, 5.41) is 14.7. The Bertz CT molecular complexity index is 1040. The maximum atomic E-state index is 13.0. The van der Waals surface area contributed by atoms with Gasteiger partial charge in [0.25, 0.3) is 5.91 Å². The van der Waals surface area contributed by atoms with Crippen LogP contribution in [0.25, 0.3) is 0 Å². The topological polar surface area (TPSA) is 94.4 Å². The first-order valence-electron chi connectivity index (χ1n) is 10.5. The molecule has 1 unspecified atom stereocenters. The van der Waals surface area contributed by atoms with Crippen LogP contribution in [-0.2, 0) is 6.54 Å². The summed E-state index contributed by atoms with van der Waals surface area (Å²) in [6.07, 6.45) is 3.55. The molecule has 5 rings (SSSR count). The fraction of sp³-hybridized carbons (Fsp3) is 0.364. The minimum absolute atomic E-state index is 0.0580. The molecule has 0 aliphatic carbocycles. The number of fused-ring (bicyclic) bond motifs is 1. The Morgan fingerprint density at radius 3 is 2.74 bits per heavy atom. The van der Waals surface area contributed by atoms with E-state index in [1.54, 1.807) is 11.0 Å². The summed E-state index contributed by atoms with van der Waals surface area (Å²) < 4.78 is 12.9. The second-order valence-electron chi connectivity index (χ2n) is 7.80. The van der Waals surface area contributed by atoms with Gasteiger partial charge in [0.15, 0.2) is 11.5 Å². The normalized spacial score (nSPS) is 17.9. The molecule has 31 heavy (non-hydrogen) atoms. The van der Waals surface area contributed by atoms with Crippen molar-refractivity contribution in [3.05, 3.63) is 59.9 Å². The van der Waals surface area contributed by atoms with Gasteiger partial charge in [-0.2, -0.15) is 0 Å². The van der Waals surface area contributed by atoms with Crippen LogP contribution in [-0.4, -0.2) is 63.4 Å². The number of anilines is 1. The molecule has 1 atom stereocenters. The highest BCUT2D eigenvalue weighted by Crippen LogP contribution is 2.33. The molecule has 0 bridgehead atoms. The maximum Gasteiger partial charge on any atom is 0.253 e. The molecule has 9 nitrogen and oxygen atoms in total. The first-order chi connectivity index (χ1) is 15.2. The quantitative estimate of drug-likeness (QED) is 0.676. The Kier molecular flexibility index (Phi) is 5.39. The Balaban J connectivity index is 1.21. The van der Waals surface area contributed by atoms with E-state index in [0.717, 1.165) is 42.1 Å². The monoisotopic (exact) mass is 420 g/mol. The van der Waals surface area contributed by atoms with Crippen LogP contribution in [0.2, 0.25) is 0 Å². The van der Waals surface area contributed by atoms with Crippen molar-refractivity contribution in [2.45, 2.75) is 25.4 Å². The van der Waals surface area contributed by atoms with Crippen LogP contribution in [0.15, 0.2) is 48.8 Å². The lowest BCUT2D eigenvalue weighted by Crippen LogP contribution is -2.45. The number of tetrazole rings is 1. The van der Waals surface area contributed by atoms with Crippen molar-refractivity contribution in [2.75, 3.05) is 31.6 Å². The summed E-state index contributed by atoms with van der Waals surface area (Å²) in [4.78, 5) is 15.0. The third kappa shape index (κ3) is 4.45. The number of aromatic nitrogens is 4. The van der Waals surface area contributed by atoms with Gasteiger partial charge in [0.2, 0.25) is 0 Å². The van der Waals surface area contributed by atoms with E-state index in [4.69, 9.17) is 9.47 Å². The molecule has 9 heteroatoms. The highest BCUT2D eigenvalue weighted by atomic mass is 16.6. The number of nitrogens with zero attached hydrogens (tertiary/aromatic N) is 5. The maximum absolute atomic E-state index is 13.0. The molecule has 0 spiro atoms. The van der Waals surface area contributed by atoms with Crippen molar-refractivity contribution in [2.24, 2.45) is 0 Å². The molecule has 1 saturated heterocycles. The number of carbonyl (C=O) groups is 1. The van der Waals surface area contributed by atoms with E-state index >= 15 is 0 Å². The van der Waals surface area contributed by atoms with Crippen LogP contribution < -0.4 is 14.8 Å². The molecule has 3 heterocycles. The average Bonchev–Trinajstić information content (AvgIpc) is 3.32. The van der Waals surface area contributed by atoms with Crippen molar-refractivity contribution in [3.63, 3.8) is 0 Å². The predicted octanol–water partition coefficient (Wildman–Crippen LogP) is 2.21. The molecule has 0 saturated carbocycles. The average molecular weight is 420 g/mol. The van der Waals surface area contributed by atoms with Gasteiger partial charge < -0.3 is 19.7 Å². The molecule has 2 aromatic carbocycles. The Labute approximate surface area is 180 Å². The smallest absolute Gasteiger partial charge is 0.253 e. The third-order valence-electron chi connectivity index (χ3n) is 5.56. The highest BCUT2D eigenvalue weighted by Gasteiger charge is 2.25. The summed E-state index contributed by atoms with van der Waals surface area (Å²) in [5.74, 6) is 1.60. The van der Waals surface area contributed by atoms with Gasteiger partial charge in [0.1, 0.15) is 19.5 Å². The van der Waals surface area contributed by atoms with E-state index in [9.17, 15) is 4.79 Å². The molecule has 3 aromatic rings. The number of amides is 1. The van der Waals surface area contributed by atoms with Gasteiger partial charge in [0, 0.05) is 36.4 Å². The summed E-state index contributed by atoms with van der Waals surface area (Å²) in [5.41, 5.74) is 2.72. The lowest BCUT2D eigenvalue weighted by atomic mass is 10.0. The SMILES string of the molecule is O=C(c1ccc(Cn2cnnn2)cc1)N1CCCC(Nc2ccc3c(c2)OCCO3)C1. The molecule has 2 aliphatic heterocycles. The van der Waals surface area contributed by atoms with E-state index in [-0.39, 0.29) is 11.9 Å². The number of hydrogen-bond donors (Lipinski definition) is 1. The molecular weight excluding hydrogens is 396 g/mol. The standard InChI is InChI=1S/C22H24N6O3/c29-22(17-5-3-16(4-6-17)13-28-15-23-25-26-28)27-9-1-2-19(14-27)24-18-7-8-20-21(12-18)31-11-10-30-20/h3-8,12,15,19,24H,1-2,9-11,13-14H2. The first-order valence-corrected chi connectivity index (χ1v) is 10.5. The number of benzene rings is 2. The molecule has 160 valence electrons. The van der Waals surface area contributed by atoms with Gasteiger partial charge in [0.05, 0.1) is 6.54 Å². The number of rotatable bonds is 5. The Morgan fingerprint density at radius 2 is 1.94 bits per heavy atom. The number of hydrogen-bond acceptors (Lipinski definition) is 7. The van der Waals surface area contributed by atoms with Crippen LogP contribution >= 0.6 is 0 Å². The Morgan fingerprint density at radius 1 is 1.10 bits per heavy atom. The van der Waals surface area contributed by atoms with Gasteiger partial charge in [-0.1, -0.05) is 12.1 Å². The molecule has 1 N–H and O–H groups in total. The number of piperidine rings is 1. The van der Waals surface area contributed by atoms with Gasteiger partial charge in [-0.05, 0) is 53.1 Å². The molecular formula is C22H24N6O3. The zero-order valence-corrected chi connectivity index (χ0v) is 17.1. The summed E-state index contributed by atoms with van der Waals surface area (Å²) in [6, 6.07) is 13.7. The van der Waals surface area contributed by atoms with Gasteiger partial charge in [-0.15, -0.1) is 5.10 Å². The summed E-state index contributed by atoms with van der Waals surface area (Å²) >= 11 is 0. The highest BCUT2D eigenvalue weighted by molar-refractivity contribution is 5.94. The van der Waals surface area contributed by atoms with Crippen molar-refractivity contribution in [3.8, 4) is 11.5 Å². The second kappa shape index (κ2) is 8.63. The largest absolute Gasteiger partial charge is 0.486 e. The van der Waals surface area contributed by atoms with Crippen molar-refractivity contribution >= 4 is 11.6 Å². The van der Waals surface area contributed by atoms with Crippen LogP contribution in [0.1, 0.15) is 28.8 Å². The number of likely N-dealkylation sites (tertiary alicyclic amines) is 1. The fourth-order valence-corrected chi connectivity index (χ4v) is 4.02. The van der Waals surface area contributed by atoms with E-state index < -0.39 is 0 Å². The minimum atomic E-state index is 0.0580. The molecule has 1 amide bonds. The van der Waals surface area contributed by atoms with Crippen molar-refractivity contribution in [1.82, 2.24) is 25.1 Å². The zero-order valence-electron chi connectivity index (χ0n) is 17.1. The Hall–Kier alpha value is -3.62. The molecule has 2 aliphatic rings. The number of ether oxygens (including phenoxy) is 2. The zero-order chi connectivity index (χ0) is 21.0. The number of nitrogens with one attached hydrogen (secondary N) is 1. The number of carbonyl (C=O) groups excluding carboxylic acids is 1. The van der Waals surface area contributed by atoms with E-state index in [1.165, 1.54) is 0 Å². The summed E-state index contributed by atoms with van der Waals surface area (Å²) in [6.45, 7) is 3.16. The van der Waals surface area contributed by atoms with E-state index in [1.807, 2.05) is 47.4 Å². The van der Waals surface area contributed by atoms with E-state index in [2.05, 4.69) is 20.8 Å². The predicted molar refractivity (Wildman–Crippen MR) is 113 cm³/mol. The van der Waals surface area contributed by atoms with Gasteiger partial charge in [-0.3, -0.25) is 4.79 Å². The minimum Gasteiger partial charge on any atom is -0.486 e. The van der Waals surface area contributed by atoms with Crippen molar-refractivity contribution < 1.29 is 14.3 Å². The molecule has 1 aromatic heterocycles. The van der Waals surface area contributed by atoms with E-state index in [0.29, 0.717) is 31.9 Å². The van der Waals surface area contributed by atoms with Crippen LogP contribution in [0.4, 0.5) is 5.69 Å². The first kappa shape index (κ1) is 19.3. The van der Waals surface area contributed by atoms with Crippen LogP contribution in [0.3, 0.4) is 0 Å². The summed E-state index contributed by atoms with van der Waals surface area (Å²) in [7, 11) is 0. The molecule has 1 fully saturated rings. The second-order valence-corrected chi connectivity index (χ2v) is 7.80. The van der Waals surface area contributed by atoms with Gasteiger partial charge in [-0.25, -0.2) is 4.68 Å². The fourth-order valence-electron chi connectivity index (χ4n) is 4.02. The molecule has 0 radical (unpaired) electrons. The van der Waals surface area contributed by atoms with Crippen LogP contribution in [0.5, 0.6) is 11.5 Å². The van der Waals surface area contributed by atoms with Gasteiger partial charge >= 0.3 is 0 Å². The third-order valence-corrected chi connectivity index (χ3v) is 5.56.